The third-order valence-corrected chi connectivity index (χ3v) is 3.26. The highest BCUT2D eigenvalue weighted by molar-refractivity contribution is 6.32. The van der Waals surface area contributed by atoms with Crippen LogP contribution in [0.25, 0.3) is 0 Å². The highest BCUT2D eigenvalue weighted by Crippen LogP contribution is 2.32. The molecule has 1 aliphatic rings. The fourth-order valence-corrected chi connectivity index (χ4v) is 2.38. The molecule has 21 heavy (non-hydrogen) atoms. The standard InChI is InChI=1S/C13H13ClF3N3O/c1-19(2)11-10(14)7-20(18-12(11)21)9-5-3-4-8(6-9)13(15,16)17/h3-7,11H,1-2H3,(H,18,21). The Hall–Kier alpha value is -1.73. The third-order valence-electron chi connectivity index (χ3n) is 2.96. The molecule has 1 atom stereocenters. The van der Waals surface area contributed by atoms with Gasteiger partial charge in [-0.15, -0.1) is 0 Å². The highest BCUT2D eigenvalue weighted by Gasteiger charge is 2.33. The molecule has 0 aliphatic carbocycles. The van der Waals surface area contributed by atoms with Crippen molar-refractivity contribution in [2.24, 2.45) is 0 Å². The van der Waals surface area contributed by atoms with Crippen LogP contribution in [0.2, 0.25) is 0 Å². The fraction of sp³-hybridized carbons (Fsp3) is 0.308. The molecular weight excluding hydrogens is 307 g/mol. The van der Waals surface area contributed by atoms with E-state index in [2.05, 4.69) is 5.43 Å². The summed E-state index contributed by atoms with van der Waals surface area (Å²) in [7, 11) is 3.36. The maximum Gasteiger partial charge on any atom is 0.416 e. The second kappa shape index (κ2) is 5.57. The summed E-state index contributed by atoms with van der Waals surface area (Å²) < 4.78 is 38.1. The third kappa shape index (κ3) is 3.30. The van der Waals surface area contributed by atoms with Gasteiger partial charge in [0, 0.05) is 6.20 Å². The minimum Gasteiger partial charge on any atom is -0.294 e. The van der Waals surface area contributed by atoms with Crippen molar-refractivity contribution in [1.29, 1.82) is 0 Å². The summed E-state index contributed by atoms with van der Waals surface area (Å²) in [5, 5.41) is 1.40. The molecule has 0 saturated carbocycles. The van der Waals surface area contributed by atoms with Crippen LogP contribution in [-0.4, -0.2) is 30.9 Å². The average Bonchev–Trinajstić information content (AvgIpc) is 2.36. The number of likely N-dealkylation sites (N-methyl/N-ethyl adjacent to an activating group) is 1. The van der Waals surface area contributed by atoms with Gasteiger partial charge in [0.1, 0.15) is 6.04 Å². The summed E-state index contributed by atoms with van der Waals surface area (Å²) in [4.78, 5) is 13.6. The van der Waals surface area contributed by atoms with E-state index < -0.39 is 23.7 Å². The van der Waals surface area contributed by atoms with Crippen molar-refractivity contribution >= 4 is 23.2 Å². The molecule has 0 aromatic heterocycles. The van der Waals surface area contributed by atoms with Gasteiger partial charge in [0.05, 0.1) is 16.3 Å². The van der Waals surface area contributed by atoms with E-state index in [1.54, 1.807) is 19.0 Å². The number of halogens is 4. The number of alkyl halides is 3. The molecule has 1 N–H and O–H groups in total. The lowest BCUT2D eigenvalue weighted by Gasteiger charge is -2.33. The zero-order chi connectivity index (χ0) is 15.8. The molecule has 8 heteroatoms. The SMILES string of the molecule is CN(C)C1C(=O)NN(c2cccc(C(F)(F)F)c2)C=C1Cl. The zero-order valence-corrected chi connectivity index (χ0v) is 12.0. The van der Waals surface area contributed by atoms with Gasteiger partial charge in [0.2, 0.25) is 0 Å². The number of benzene rings is 1. The maximum atomic E-state index is 12.7. The van der Waals surface area contributed by atoms with E-state index >= 15 is 0 Å². The summed E-state index contributed by atoms with van der Waals surface area (Å²) >= 11 is 6.04. The fourth-order valence-electron chi connectivity index (χ4n) is 1.98. The molecule has 2 rings (SSSR count). The predicted octanol–water partition coefficient (Wildman–Crippen LogP) is 2.57. The van der Waals surface area contributed by atoms with Gasteiger partial charge in [-0.2, -0.15) is 13.2 Å². The molecule has 1 heterocycles. The number of hydrazine groups is 1. The van der Waals surface area contributed by atoms with E-state index in [4.69, 9.17) is 11.6 Å². The average molecular weight is 320 g/mol. The maximum absolute atomic E-state index is 12.7. The van der Waals surface area contributed by atoms with Crippen LogP contribution in [0.15, 0.2) is 35.5 Å². The van der Waals surface area contributed by atoms with Crippen molar-refractivity contribution in [2.75, 3.05) is 19.1 Å². The Balaban J connectivity index is 2.34. The monoisotopic (exact) mass is 319 g/mol. The molecule has 1 aliphatic heterocycles. The molecule has 1 aromatic rings. The van der Waals surface area contributed by atoms with Crippen LogP contribution < -0.4 is 10.4 Å². The molecule has 0 fully saturated rings. The Labute approximate surface area is 124 Å². The van der Waals surface area contributed by atoms with Crippen molar-refractivity contribution in [3.8, 4) is 0 Å². The van der Waals surface area contributed by atoms with Crippen LogP contribution in [0.3, 0.4) is 0 Å². The Bertz CT molecular complexity index is 586. The Kier molecular flexibility index (Phi) is 4.15. The number of carbonyl (C=O) groups excluding carboxylic acids is 1. The van der Waals surface area contributed by atoms with E-state index in [0.717, 1.165) is 12.1 Å². The molecule has 1 amide bonds. The number of amides is 1. The Morgan fingerprint density at radius 1 is 1.33 bits per heavy atom. The summed E-state index contributed by atoms with van der Waals surface area (Å²) in [6, 6.07) is 3.96. The smallest absolute Gasteiger partial charge is 0.294 e. The predicted molar refractivity (Wildman–Crippen MR) is 73.5 cm³/mol. The van der Waals surface area contributed by atoms with Gasteiger partial charge < -0.3 is 0 Å². The molecule has 114 valence electrons. The Morgan fingerprint density at radius 2 is 2.00 bits per heavy atom. The van der Waals surface area contributed by atoms with Crippen LogP contribution in [0.5, 0.6) is 0 Å². The van der Waals surface area contributed by atoms with Crippen LogP contribution in [0, 0.1) is 0 Å². The first-order valence-electron chi connectivity index (χ1n) is 6.01. The van der Waals surface area contributed by atoms with Crippen molar-refractivity contribution in [2.45, 2.75) is 12.2 Å². The van der Waals surface area contributed by atoms with Crippen LogP contribution in [0.4, 0.5) is 18.9 Å². The lowest BCUT2D eigenvalue weighted by molar-refractivity contribution is -0.137. The van der Waals surface area contributed by atoms with Crippen LogP contribution >= 0.6 is 11.6 Å². The molecular formula is C13H13ClF3N3O. The molecule has 0 spiro atoms. The van der Waals surface area contributed by atoms with E-state index in [-0.39, 0.29) is 10.7 Å². The first kappa shape index (κ1) is 15.7. The number of nitrogens with zero attached hydrogens (tertiary/aromatic N) is 2. The van der Waals surface area contributed by atoms with Crippen molar-refractivity contribution < 1.29 is 18.0 Å². The van der Waals surface area contributed by atoms with Gasteiger partial charge in [-0.1, -0.05) is 17.7 Å². The zero-order valence-electron chi connectivity index (χ0n) is 11.3. The molecule has 4 nitrogen and oxygen atoms in total. The van der Waals surface area contributed by atoms with Gasteiger partial charge in [-0.3, -0.25) is 20.1 Å². The second-order valence-corrected chi connectivity index (χ2v) is 5.21. The molecule has 0 saturated heterocycles. The summed E-state index contributed by atoms with van der Waals surface area (Å²) in [5.41, 5.74) is 1.87. The van der Waals surface area contributed by atoms with E-state index in [1.807, 2.05) is 0 Å². The lowest BCUT2D eigenvalue weighted by atomic mass is 10.1. The topological polar surface area (TPSA) is 35.6 Å². The van der Waals surface area contributed by atoms with E-state index in [9.17, 15) is 18.0 Å². The quantitative estimate of drug-likeness (QED) is 0.910. The van der Waals surface area contributed by atoms with Crippen molar-refractivity contribution in [3.63, 3.8) is 0 Å². The highest BCUT2D eigenvalue weighted by atomic mass is 35.5. The number of nitrogens with one attached hydrogen (secondary N) is 1. The van der Waals surface area contributed by atoms with E-state index in [0.29, 0.717) is 0 Å². The summed E-state index contributed by atoms with van der Waals surface area (Å²) in [5.74, 6) is -0.412. The number of hydrogen-bond acceptors (Lipinski definition) is 3. The summed E-state index contributed by atoms with van der Waals surface area (Å²) in [6.07, 6.45) is -3.06. The number of anilines is 1. The van der Waals surface area contributed by atoms with Crippen molar-refractivity contribution in [3.05, 3.63) is 41.1 Å². The van der Waals surface area contributed by atoms with Crippen molar-refractivity contribution in [1.82, 2.24) is 10.3 Å². The minimum atomic E-state index is -4.45. The van der Waals surface area contributed by atoms with Gasteiger partial charge in [-0.25, -0.2) is 0 Å². The van der Waals surface area contributed by atoms with Gasteiger partial charge in [0.15, 0.2) is 0 Å². The Morgan fingerprint density at radius 3 is 2.52 bits per heavy atom. The molecule has 1 unspecified atom stereocenters. The second-order valence-electron chi connectivity index (χ2n) is 4.77. The van der Waals surface area contributed by atoms with Crippen LogP contribution in [-0.2, 0) is 11.0 Å². The molecule has 0 radical (unpaired) electrons. The normalized spacial score (nSPS) is 19.6. The molecule has 1 aromatic carbocycles. The lowest BCUT2D eigenvalue weighted by Crippen LogP contribution is -2.53. The van der Waals surface area contributed by atoms with E-state index in [1.165, 1.54) is 23.3 Å². The number of carbonyl (C=O) groups is 1. The van der Waals surface area contributed by atoms with Crippen LogP contribution in [0.1, 0.15) is 5.56 Å². The summed E-state index contributed by atoms with van der Waals surface area (Å²) in [6.45, 7) is 0. The first-order valence-corrected chi connectivity index (χ1v) is 6.38. The number of hydrogen-bond donors (Lipinski definition) is 1. The largest absolute Gasteiger partial charge is 0.416 e. The number of rotatable bonds is 2. The van der Waals surface area contributed by atoms with Gasteiger partial charge in [-0.05, 0) is 32.3 Å². The minimum absolute atomic E-state index is 0.175. The first-order chi connectivity index (χ1) is 9.70. The molecule has 0 bridgehead atoms. The van der Waals surface area contributed by atoms with Gasteiger partial charge in [0.25, 0.3) is 5.91 Å². The van der Waals surface area contributed by atoms with Gasteiger partial charge >= 0.3 is 6.18 Å².